The van der Waals surface area contributed by atoms with Crippen LogP contribution in [0.15, 0.2) is 35.7 Å². The van der Waals surface area contributed by atoms with Gasteiger partial charge in [0.1, 0.15) is 5.75 Å². The zero-order valence-electron chi connectivity index (χ0n) is 11.8. The lowest BCUT2D eigenvalue weighted by atomic mass is 10.2. The molecule has 2 aromatic rings. The zero-order chi connectivity index (χ0) is 15.1. The maximum Gasteiger partial charge on any atom is 0.224 e. The molecule has 0 spiro atoms. The van der Waals surface area contributed by atoms with Gasteiger partial charge in [-0.1, -0.05) is 11.8 Å². The molecule has 0 aliphatic heterocycles. The fraction of sp³-hybridized carbons (Fsp3) is 0.286. The number of anilines is 2. The number of thioether (sulfide) groups is 1. The summed E-state index contributed by atoms with van der Waals surface area (Å²) in [5, 5.41) is 3.69. The van der Waals surface area contributed by atoms with Gasteiger partial charge < -0.3 is 20.8 Å². The summed E-state index contributed by atoms with van der Waals surface area (Å²) in [6.45, 7) is 0. The Hall–Kier alpha value is -2.15. The number of carbonyl (C=O) groups excluding carboxylic acids is 1. The highest BCUT2D eigenvalue weighted by atomic mass is 32.2. The predicted octanol–water partition coefficient (Wildman–Crippen LogP) is 2.51. The van der Waals surface area contributed by atoms with Gasteiger partial charge in [0.2, 0.25) is 5.91 Å². The Kier molecular flexibility index (Phi) is 5.51. The number of nitrogens with one attached hydrogen (secondary N) is 2. The maximum absolute atomic E-state index is 11.9. The number of rotatable bonds is 7. The van der Waals surface area contributed by atoms with Gasteiger partial charge in [-0.15, -0.1) is 0 Å². The van der Waals surface area contributed by atoms with E-state index in [2.05, 4.69) is 15.3 Å². The van der Waals surface area contributed by atoms with Crippen molar-refractivity contribution >= 4 is 29.0 Å². The van der Waals surface area contributed by atoms with Crippen LogP contribution in [0.25, 0.3) is 0 Å². The molecule has 0 aliphatic carbocycles. The first-order valence-corrected chi connectivity index (χ1v) is 7.53. The number of benzene rings is 1. The van der Waals surface area contributed by atoms with E-state index in [4.69, 9.17) is 10.5 Å². The summed E-state index contributed by atoms with van der Waals surface area (Å²) in [5.74, 6) is 1.37. The Morgan fingerprint density at radius 2 is 2.38 bits per heavy atom. The number of hydrogen-bond acceptors (Lipinski definition) is 5. The molecule has 112 valence electrons. The molecule has 2 rings (SSSR count). The third-order valence-electron chi connectivity index (χ3n) is 2.76. The smallest absolute Gasteiger partial charge is 0.224 e. The third-order valence-corrected chi connectivity index (χ3v) is 3.75. The van der Waals surface area contributed by atoms with Crippen molar-refractivity contribution in [2.75, 3.05) is 23.9 Å². The molecule has 0 unspecified atom stereocenters. The van der Waals surface area contributed by atoms with E-state index in [1.54, 1.807) is 49.5 Å². The van der Waals surface area contributed by atoms with E-state index in [-0.39, 0.29) is 5.91 Å². The van der Waals surface area contributed by atoms with Crippen molar-refractivity contribution in [3.63, 3.8) is 0 Å². The Bertz CT molecular complexity index is 587. The van der Waals surface area contributed by atoms with Crippen molar-refractivity contribution in [3.05, 3.63) is 30.6 Å². The van der Waals surface area contributed by atoms with Gasteiger partial charge in [-0.25, -0.2) is 4.98 Å². The number of aromatic nitrogens is 2. The van der Waals surface area contributed by atoms with Gasteiger partial charge in [0.15, 0.2) is 5.16 Å². The zero-order valence-corrected chi connectivity index (χ0v) is 12.6. The number of aromatic amines is 1. The number of nitrogen functional groups attached to an aromatic ring is 1. The summed E-state index contributed by atoms with van der Waals surface area (Å²) in [7, 11) is 1.56. The normalized spacial score (nSPS) is 10.3. The summed E-state index contributed by atoms with van der Waals surface area (Å²) >= 11 is 1.59. The molecule has 1 heterocycles. The van der Waals surface area contributed by atoms with E-state index in [9.17, 15) is 4.79 Å². The van der Waals surface area contributed by atoms with E-state index in [1.807, 2.05) is 0 Å². The third kappa shape index (κ3) is 4.71. The van der Waals surface area contributed by atoms with Gasteiger partial charge in [0.25, 0.3) is 0 Å². The van der Waals surface area contributed by atoms with Crippen molar-refractivity contribution in [3.8, 4) is 5.75 Å². The molecule has 1 aromatic heterocycles. The van der Waals surface area contributed by atoms with Crippen LogP contribution >= 0.6 is 11.8 Å². The summed E-state index contributed by atoms with van der Waals surface area (Å²) < 4.78 is 5.19. The van der Waals surface area contributed by atoms with E-state index in [0.29, 0.717) is 23.5 Å². The van der Waals surface area contributed by atoms with Crippen LogP contribution in [-0.4, -0.2) is 28.7 Å². The average molecular weight is 306 g/mol. The molecule has 21 heavy (non-hydrogen) atoms. The van der Waals surface area contributed by atoms with Crippen molar-refractivity contribution in [1.82, 2.24) is 9.97 Å². The topological polar surface area (TPSA) is 93.0 Å². The number of ether oxygens (including phenoxy) is 1. The standard InChI is InChI=1S/C14H18N4O2S/c1-20-12-5-4-10(15)9-11(12)18-13(19)3-2-8-21-14-16-6-7-17-14/h4-7,9H,2-3,8,15H2,1H3,(H,16,17)(H,18,19). The van der Waals surface area contributed by atoms with Gasteiger partial charge in [-0.3, -0.25) is 4.79 Å². The molecule has 4 N–H and O–H groups in total. The number of methoxy groups -OCH3 is 1. The number of amides is 1. The van der Waals surface area contributed by atoms with E-state index >= 15 is 0 Å². The van der Waals surface area contributed by atoms with Gasteiger partial charge >= 0.3 is 0 Å². The summed E-state index contributed by atoms with van der Waals surface area (Å²) in [6, 6.07) is 5.15. The second-order valence-corrected chi connectivity index (χ2v) is 5.44. The van der Waals surface area contributed by atoms with Gasteiger partial charge in [0, 0.05) is 30.3 Å². The lowest BCUT2D eigenvalue weighted by molar-refractivity contribution is -0.116. The Morgan fingerprint density at radius 1 is 1.52 bits per heavy atom. The largest absolute Gasteiger partial charge is 0.495 e. The van der Waals surface area contributed by atoms with E-state index in [0.717, 1.165) is 17.3 Å². The number of carbonyl (C=O) groups is 1. The Morgan fingerprint density at radius 3 is 3.10 bits per heavy atom. The highest BCUT2D eigenvalue weighted by Crippen LogP contribution is 2.26. The molecular formula is C14H18N4O2S. The number of hydrogen-bond donors (Lipinski definition) is 3. The molecule has 1 amide bonds. The highest BCUT2D eigenvalue weighted by molar-refractivity contribution is 7.99. The number of nitrogens with two attached hydrogens (primary N) is 1. The lowest BCUT2D eigenvalue weighted by Gasteiger charge is -2.10. The van der Waals surface area contributed by atoms with Crippen LogP contribution in [0.1, 0.15) is 12.8 Å². The van der Waals surface area contributed by atoms with Crippen molar-refractivity contribution in [2.24, 2.45) is 0 Å². The molecule has 0 fully saturated rings. The fourth-order valence-corrected chi connectivity index (χ4v) is 2.54. The van der Waals surface area contributed by atoms with Crippen LogP contribution in [0.4, 0.5) is 11.4 Å². The minimum atomic E-state index is -0.0565. The molecule has 1 aromatic carbocycles. The monoisotopic (exact) mass is 306 g/mol. The quantitative estimate of drug-likeness (QED) is 0.415. The van der Waals surface area contributed by atoms with Crippen LogP contribution in [0.3, 0.4) is 0 Å². The van der Waals surface area contributed by atoms with Gasteiger partial charge in [-0.2, -0.15) is 0 Å². The minimum absolute atomic E-state index is 0.0565. The molecule has 7 heteroatoms. The SMILES string of the molecule is COc1ccc(N)cc1NC(=O)CCCSc1ncc[nH]1. The molecular weight excluding hydrogens is 288 g/mol. The van der Waals surface area contributed by atoms with Gasteiger partial charge in [-0.05, 0) is 24.6 Å². The van der Waals surface area contributed by atoms with E-state index < -0.39 is 0 Å². The molecule has 0 radical (unpaired) electrons. The van der Waals surface area contributed by atoms with Crippen LogP contribution in [0.2, 0.25) is 0 Å². The predicted molar refractivity (Wildman–Crippen MR) is 84.6 cm³/mol. The summed E-state index contributed by atoms with van der Waals surface area (Å²) in [6.07, 6.45) is 4.69. The molecule has 0 saturated heterocycles. The summed E-state index contributed by atoms with van der Waals surface area (Å²) in [5.41, 5.74) is 6.89. The first kappa shape index (κ1) is 15.2. The number of imidazole rings is 1. The molecule has 0 saturated carbocycles. The van der Waals surface area contributed by atoms with Gasteiger partial charge in [0.05, 0.1) is 12.8 Å². The minimum Gasteiger partial charge on any atom is -0.495 e. The molecule has 0 bridgehead atoms. The number of nitrogens with zero attached hydrogens (tertiary/aromatic N) is 1. The fourth-order valence-electron chi connectivity index (χ4n) is 1.77. The maximum atomic E-state index is 11.9. The average Bonchev–Trinajstić information content (AvgIpc) is 2.97. The van der Waals surface area contributed by atoms with Crippen LogP contribution in [0.5, 0.6) is 5.75 Å². The lowest BCUT2D eigenvalue weighted by Crippen LogP contribution is -2.12. The molecule has 0 atom stereocenters. The highest BCUT2D eigenvalue weighted by Gasteiger charge is 2.08. The Balaban J connectivity index is 1.77. The summed E-state index contributed by atoms with van der Waals surface area (Å²) in [4.78, 5) is 19.0. The first-order valence-electron chi connectivity index (χ1n) is 6.54. The van der Waals surface area contributed by atoms with Crippen molar-refractivity contribution < 1.29 is 9.53 Å². The number of H-pyrrole nitrogens is 1. The van der Waals surface area contributed by atoms with Crippen LogP contribution in [0, 0.1) is 0 Å². The van der Waals surface area contributed by atoms with Crippen molar-refractivity contribution in [1.29, 1.82) is 0 Å². The Labute approximate surface area is 127 Å². The van der Waals surface area contributed by atoms with Crippen LogP contribution in [-0.2, 0) is 4.79 Å². The van der Waals surface area contributed by atoms with Crippen molar-refractivity contribution in [2.45, 2.75) is 18.0 Å². The second-order valence-electron chi connectivity index (χ2n) is 4.35. The second kappa shape index (κ2) is 7.58. The molecule has 6 nitrogen and oxygen atoms in total. The van der Waals surface area contributed by atoms with Crippen LogP contribution < -0.4 is 15.8 Å². The van der Waals surface area contributed by atoms with E-state index in [1.165, 1.54) is 0 Å². The molecule has 0 aliphatic rings. The first-order chi connectivity index (χ1) is 10.2.